The van der Waals surface area contributed by atoms with Gasteiger partial charge in [0.25, 0.3) is 5.91 Å². The van der Waals surface area contributed by atoms with E-state index in [1.54, 1.807) is 22.8 Å². The van der Waals surface area contributed by atoms with Gasteiger partial charge in [-0.15, -0.1) is 0 Å². The Hall–Kier alpha value is -1.60. The average molecular weight is 342 g/mol. The predicted molar refractivity (Wildman–Crippen MR) is 88.5 cm³/mol. The van der Waals surface area contributed by atoms with Crippen LogP contribution in [0.4, 0.5) is 0 Å². The topological polar surface area (TPSA) is 70.5 Å². The summed E-state index contributed by atoms with van der Waals surface area (Å²) in [6, 6.07) is 0. The van der Waals surface area contributed by atoms with Crippen molar-refractivity contribution in [3.63, 3.8) is 0 Å². The van der Waals surface area contributed by atoms with E-state index in [0.29, 0.717) is 31.2 Å². The third-order valence-corrected chi connectivity index (χ3v) is 4.28. The molecule has 0 aliphatic carbocycles. The first kappa shape index (κ1) is 17.7. The van der Waals surface area contributed by atoms with Crippen LogP contribution in [0.1, 0.15) is 23.8 Å². The van der Waals surface area contributed by atoms with E-state index in [2.05, 4.69) is 15.3 Å². The van der Waals surface area contributed by atoms with Crippen molar-refractivity contribution in [1.82, 2.24) is 24.9 Å². The summed E-state index contributed by atoms with van der Waals surface area (Å²) in [5.41, 5.74) is 0.264. The summed E-state index contributed by atoms with van der Waals surface area (Å²) in [5, 5.41) is 7.32. The SMILES string of the molecule is CCCn1cc(Cl)c(C(=O)N2CCN(C)C[C@H](C(=O)NC)C2)n1. The van der Waals surface area contributed by atoms with Gasteiger partial charge in [0, 0.05) is 46.0 Å². The molecule has 0 saturated carbocycles. The molecule has 2 rings (SSSR count). The van der Waals surface area contributed by atoms with E-state index < -0.39 is 0 Å². The van der Waals surface area contributed by atoms with E-state index in [-0.39, 0.29) is 23.4 Å². The highest BCUT2D eigenvalue weighted by molar-refractivity contribution is 6.33. The van der Waals surface area contributed by atoms with Crippen molar-refractivity contribution in [2.75, 3.05) is 40.3 Å². The Morgan fingerprint density at radius 2 is 2.13 bits per heavy atom. The first-order valence-corrected chi connectivity index (χ1v) is 8.26. The van der Waals surface area contributed by atoms with Gasteiger partial charge in [0.1, 0.15) is 0 Å². The van der Waals surface area contributed by atoms with Gasteiger partial charge in [0.15, 0.2) is 5.69 Å². The number of amides is 2. The van der Waals surface area contributed by atoms with E-state index in [1.165, 1.54) is 0 Å². The van der Waals surface area contributed by atoms with Gasteiger partial charge in [-0.25, -0.2) is 0 Å². The van der Waals surface area contributed by atoms with Crippen molar-refractivity contribution < 1.29 is 9.59 Å². The molecule has 23 heavy (non-hydrogen) atoms. The van der Waals surface area contributed by atoms with Crippen LogP contribution in [0, 0.1) is 5.92 Å². The quantitative estimate of drug-likeness (QED) is 0.875. The molecule has 7 nitrogen and oxygen atoms in total. The second-order valence-electron chi connectivity index (χ2n) is 5.91. The highest BCUT2D eigenvalue weighted by atomic mass is 35.5. The maximum Gasteiger partial charge on any atom is 0.275 e. The van der Waals surface area contributed by atoms with E-state index in [4.69, 9.17) is 11.6 Å². The lowest BCUT2D eigenvalue weighted by atomic mass is 10.1. The van der Waals surface area contributed by atoms with Crippen molar-refractivity contribution in [3.05, 3.63) is 16.9 Å². The minimum atomic E-state index is -0.257. The zero-order valence-electron chi connectivity index (χ0n) is 13.9. The molecule has 1 saturated heterocycles. The lowest BCUT2D eigenvalue weighted by Crippen LogP contribution is -2.41. The monoisotopic (exact) mass is 341 g/mol. The van der Waals surface area contributed by atoms with Crippen LogP contribution in [0.3, 0.4) is 0 Å². The Morgan fingerprint density at radius 3 is 2.78 bits per heavy atom. The molecule has 2 heterocycles. The maximum absolute atomic E-state index is 12.8. The lowest BCUT2D eigenvalue weighted by molar-refractivity contribution is -0.125. The summed E-state index contributed by atoms with van der Waals surface area (Å²) in [6.07, 6.45) is 2.59. The molecule has 1 aliphatic rings. The van der Waals surface area contributed by atoms with Crippen molar-refractivity contribution in [2.45, 2.75) is 19.9 Å². The number of halogens is 1. The third-order valence-electron chi connectivity index (χ3n) is 4.00. The summed E-state index contributed by atoms with van der Waals surface area (Å²) in [4.78, 5) is 28.5. The first-order chi connectivity index (χ1) is 11.0. The summed E-state index contributed by atoms with van der Waals surface area (Å²) >= 11 is 6.17. The molecule has 1 aromatic rings. The third kappa shape index (κ3) is 4.23. The van der Waals surface area contributed by atoms with Crippen LogP contribution in [0.25, 0.3) is 0 Å². The van der Waals surface area contributed by atoms with Crippen molar-refractivity contribution >= 4 is 23.4 Å². The minimum Gasteiger partial charge on any atom is -0.359 e. The van der Waals surface area contributed by atoms with Crippen molar-refractivity contribution in [2.24, 2.45) is 5.92 Å². The van der Waals surface area contributed by atoms with Crippen LogP contribution >= 0.6 is 11.6 Å². The molecule has 0 aromatic carbocycles. The molecular formula is C15H24ClN5O2. The predicted octanol–water partition coefficient (Wildman–Crippen LogP) is 0.696. The Bertz CT molecular complexity index is 574. The van der Waals surface area contributed by atoms with Gasteiger partial charge in [-0.3, -0.25) is 14.3 Å². The first-order valence-electron chi connectivity index (χ1n) is 7.88. The number of nitrogens with zero attached hydrogens (tertiary/aromatic N) is 4. The van der Waals surface area contributed by atoms with Crippen LogP contribution in [-0.4, -0.2) is 71.7 Å². The molecule has 8 heteroatoms. The fourth-order valence-corrected chi connectivity index (χ4v) is 3.00. The van der Waals surface area contributed by atoms with Crippen LogP contribution in [0.5, 0.6) is 0 Å². The summed E-state index contributed by atoms with van der Waals surface area (Å²) in [5.74, 6) is -0.527. The van der Waals surface area contributed by atoms with Gasteiger partial charge in [0.05, 0.1) is 10.9 Å². The summed E-state index contributed by atoms with van der Waals surface area (Å²) in [7, 11) is 3.57. The number of aryl methyl sites for hydroxylation is 1. The number of nitrogens with one attached hydrogen (secondary N) is 1. The average Bonchev–Trinajstić information content (AvgIpc) is 2.77. The normalized spacial score (nSPS) is 19.5. The standard InChI is InChI=1S/C15H24ClN5O2/c1-4-5-21-10-12(16)13(18-21)15(23)20-7-6-19(3)8-11(9-20)14(22)17-2/h10-11H,4-9H2,1-3H3,(H,17,22)/t11-/m0/s1. The lowest BCUT2D eigenvalue weighted by Gasteiger charge is -2.22. The fourth-order valence-electron chi connectivity index (χ4n) is 2.76. The van der Waals surface area contributed by atoms with Gasteiger partial charge in [-0.05, 0) is 13.5 Å². The summed E-state index contributed by atoms with van der Waals surface area (Å²) < 4.78 is 1.69. The number of hydrogen-bond acceptors (Lipinski definition) is 4. The number of aromatic nitrogens is 2. The zero-order valence-corrected chi connectivity index (χ0v) is 14.6. The van der Waals surface area contributed by atoms with E-state index >= 15 is 0 Å². The molecule has 1 aliphatic heterocycles. The molecule has 1 atom stereocenters. The molecule has 1 N–H and O–H groups in total. The molecule has 1 aromatic heterocycles. The van der Waals surface area contributed by atoms with Crippen molar-refractivity contribution in [1.29, 1.82) is 0 Å². The fraction of sp³-hybridized carbons (Fsp3) is 0.667. The molecule has 0 bridgehead atoms. The van der Waals surface area contributed by atoms with Gasteiger partial charge in [0.2, 0.25) is 5.91 Å². The summed E-state index contributed by atoms with van der Waals surface area (Å²) in [6.45, 7) is 5.03. The Morgan fingerprint density at radius 1 is 1.39 bits per heavy atom. The molecule has 128 valence electrons. The van der Waals surface area contributed by atoms with E-state index in [1.807, 2.05) is 14.0 Å². The van der Waals surface area contributed by atoms with Crippen LogP contribution in [-0.2, 0) is 11.3 Å². The second-order valence-corrected chi connectivity index (χ2v) is 6.32. The smallest absolute Gasteiger partial charge is 0.275 e. The van der Waals surface area contributed by atoms with Crippen molar-refractivity contribution in [3.8, 4) is 0 Å². The number of likely N-dealkylation sites (N-methyl/N-ethyl adjacent to an activating group) is 1. The molecule has 0 spiro atoms. The number of carbonyl (C=O) groups is 2. The maximum atomic E-state index is 12.8. The van der Waals surface area contributed by atoms with Crippen LogP contribution < -0.4 is 5.32 Å². The molecule has 0 radical (unpaired) electrons. The van der Waals surface area contributed by atoms with Gasteiger partial charge in [-0.2, -0.15) is 5.10 Å². The molecule has 2 amide bonds. The molecule has 1 fully saturated rings. The Kier molecular flexibility index (Phi) is 6.01. The highest BCUT2D eigenvalue weighted by Crippen LogP contribution is 2.18. The highest BCUT2D eigenvalue weighted by Gasteiger charge is 2.30. The van der Waals surface area contributed by atoms with Gasteiger partial charge >= 0.3 is 0 Å². The number of carbonyl (C=O) groups excluding carboxylic acids is 2. The number of hydrogen-bond donors (Lipinski definition) is 1. The van der Waals surface area contributed by atoms with Gasteiger partial charge in [-0.1, -0.05) is 18.5 Å². The van der Waals surface area contributed by atoms with E-state index in [9.17, 15) is 9.59 Å². The van der Waals surface area contributed by atoms with Crippen LogP contribution in [0.15, 0.2) is 6.20 Å². The second kappa shape index (κ2) is 7.79. The Balaban J connectivity index is 2.18. The number of rotatable bonds is 4. The molecular weight excluding hydrogens is 318 g/mol. The van der Waals surface area contributed by atoms with Crippen LogP contribution in [0.2, 0.25) is 5.02 Å². The van der Waals surface area contributed by atoms with Gasteiger partial charge < -0.3 is 15.1 Å². The Labute approximate surface area is 141 Å². The zero-order chi connectivity index (χ0) is 17.0. The molecule has 0 unspecified atom stereocenters. The largest absolute Gasteiger partial charge is 0.359 e. The van der Waals surface area contributed by atoms with E-state index in [0.717, 1.165) is 13.0 Å². The minimum absolute atomic E-state index is 0.0563.